The van der Waals surface area contributed by atoms with Crippen molar-refractivity contribution in [3.63, 3.8) is 0 Å². The highest BCUT2D eigenvalue weighted by Gasteiger charge is 2.21. The molecule has 0 aliphatic carbocycles. The molecule has 0 radical (unpaired) electrons. The minimum absolute atomic E-state index is 0.106. The number of nitrogens with one attached hydrogen (secondary N) is 1. The third kappa shape index (κ3) is 4.45. The smallest absolute Gasteiger partial charge is 0.270 e. The Balaban J connectivity index is 1.31. The van der Waals surface area contributed by atoms with E-state index >= 15 is 0 Å². The molecule has 1 aromatic carbocycles. The summed E-state index contributed by atoms with van der Waals surface area (Å²) < 4.78 is 14.7. The average Bonchev–Trinajstić information content (AvgIpc) is 3.17. The molecular formula is C22H24BrFN4O. The van der Waals surface area contributed by atoms with E-state index < -0.39 is 0 Å². The van der Waals surface area contributed by atoms with Crippen LogP contribution in [0.2, 0.25) is 0 Å². The molecule has 3 heterocycles. The van der Waals surface area contributed by atoms with Crippen molar-refractivity contribution in [3.05, 3.63) is 58.7 Å². The lowest BCUT2D eigenvalue weighted by Gasteiger charge is -2.34. The maximum Gasteiger partial charge on any atom is 0.270 e. The molecule has 1 N–H and O–H groups in total. The van der Waals surface area contributed by atoms with Crippen LogP contribution in [0.1, 0.15) is 29.8 Å². The summed E-state index contributed by atoms with van der Waals surface area (Å²) in [4.78, 5) is 24.0. The number of fused-ring (bicyclic) bond motifs is 1. The SMILES string of the molecule is CN(CCC1CCN(c2ccncc2)CC1)C(=O)c1cc2c(F)cc(Br)cc2[nH]1. The number of piperidine rings is 1. The molecule has 29 heavy (non-hydrogen) atoms. The summed E-state index contributed by atoms with van der Waals surface area (Å²) in [5, 5.41) is 0.438. The van der Waals surface area contributed by atoms with E-state index in [2.05, 4.69) is 42.9 Å². The van der Waals surface area contributed by atoms with Gasteiger partial charge in [-0.15, -0.1) is 0 Å². The molecule has 0 unspecified atom stereocenters. The number of pyridine rings is 1. The molecule has 1 amide bonds. The van der Waals surface area contributed by atoms with Gasteiger partial charge in [-0.2, -0.15) is 0 Å². The number of hydrogen-bond acceptors (Lipinski definition) is 3. The predicted octanol–water partition coefficient (Wildman–Crippen LogP) is 4.84. The fourth-order valence-corrected chi connectivity index (χ4v) is 4.42. The first-order chi connectivity index (χ1) is 14.0. The van der Waals surface area contributed by atoms with Crippen molar-refractivity contribution < 1.29 is 9.18 Å². The van der Waals surface area contributed by atoms with Crippen LogP contribution in [0.5, 0.6) is 0 Å². The van der Waals surface area contributed by atoms with Gasteiger partial charge in [0.25, 0.3) is 5.91 Å². The number of carbonyl (C=O) groups excluding carboxylic acids is 1. The van der Waals surface area contributed by atoms with Gasteiger partial charge in [0.15, 0.2) is 0 Å². The molecule has 1 saturated heterocycles. The van der Waals surface area contributed by atoms with Crippen LogP contribution < -0.4 is 4.90 Å². The van der Waals surface area contributed by atoms with Gasteiger partial charge in [-0.1, -0.05) is 15.9 Å². The number of rotatable bonds is 5. The van der Waals surface area contributed by atoms with Gasteiger partial charge in [0.05, 0.1) is 5.52 Å². The monoisotopic (exact) mass is 458 g/mol. The van der Waals surface area contributed by atoms with E-state index in [-0.39, 0.29) is 11.7 Å². The lowest BCUT2D eigenvalue weighted by atomic mass is 9.93. The topological polar surface area (TPSA) is 52.2 Å². The second-order valence-electron chi connectivity index (χ2n) is 7.68. The average molecular weight is 459 g/mol. The fourth-order valence-electron chi connectivity index (χ4n) is 3.99. The third-order valence-corrected chi connectivity index (χ3v) is 6.20. The fraction of sp³-hybridized carbons (Fsp3) is 0.364. The lowest BCUT2D eigenvalue weighted by molar-refractivity contribution is 0.0780. The number of anilines is 1. The summed E-state index contributed by atoms with van der Waals surface area (Å²) >= 11 is 3.28. The van der Waals surface area contributed by atoms with Gasteiger partial charge in [-0.3, -0.25) is 9.78 Å². The van der Waals surface area contributed by atoms with Crippen molar-refractivity contribution in [3.8, 4) is 0 Å². The molecular weight excluding hydrogens is 435 g/mol. The molecule has 1 aliphatic heterocycles. The van der Waals surface area contributed by atoms with E-state index in [1.807, 2.05) is 19.4 Å². The number of H-pyrrole nitrogens is 1. The normalized spacial score (nSPS) is 15.1. The Hall–Kier alpha value is -2.41. The largest absolute Gasteiger partial charge is 0.371 e. The first-order valence-corrected chi connectivity index (χ1v) is 10.7. The number of aromatic amines is 1. The Morgan fingerprint density at radius 3 is 2.72 bits per heavy atom. The van der Waals surface area contributed by atoms with Crippen LogP contribution in [0.4, 0.5) is 10.1 Å². The van der Waals surface area contributed by atoms with E-state index in [1.54, 1.807) is 17.0 Å². The Morgan fingerprint density at radius 1 is 1.28 bits per heavy atom. The van der Waals surface area contributed by atoms with Gasteiger partial charge in [-0.25, -0.2) is 4.39 Å². The number of halogens is 2. The second kappa shape index (κ2) is 8.53. The number of aromatic nitrogens is 2. The van der Waals surface area contributed by atoms with Gasteiger partial charge in [0, 0.05) is 54.6 Å². The Morgan fingerprint density at radius 2 is 2.00 bits per heavy atom. The van der Waals surface area contributed by atoms with E-state index in [0.29, 0.717) is 33.5 Å². The molecule has 1 fully saturated rings. The highest BCUT2D eigenvalue weighted by atomic mass is 79.9. The van der Waals surface area contributed by atoms with Crippen molar-refractivity contribution >= 4 is 38.4 Å². The van der Waals surface area contributed by atoms with Crippen molar-refractivity contribution in [1.82, 2.24) is 14.9 Å². The van der Waals surface area contributed by atoms with E-state index in [9.17, 15) is 9.18 Å². The molecule has 0 atom stereocenters. The van der Waals surface area contributed by atoms with Gasteiger partial charge >= 0.3 is 0 Å². The van der Waals surface area contributed by atoms with Crippen molar-refractivity contribution in [2.45, 2.75) is 19.3 Å². The molecule has 5 nitrogen and oxygen atoms in total. The first kappa shape index (κ1) is 19.9. The zero-order valence-corrected chi connectivity index (χ0v) is 18.0. The van der Waals surface area contributed by atoms with Crippen LogP contribution in [0.25, 0.3) is 10.9 Å². The van der Waals surface area contributed by atoms with Gasteiger partial charge in [-0.05, 0) is 55.5 Å². The Bertz CT molecular complexity index is 999. The summed E-state index contributed by atoms with van der Waals surface area (Å²) in [5.41, 5.74) is 2.27. The molecule has 1 aliphatic rings. The van der Waals surface area contributed by atoms with E-state index in [1.165, 1.54) is 11.8 Å². The number of amides is 1. The summed E-state index contributed by atoms with van der Waals surface area (Å²) in [6.45, 7) is 2.76. The summed E-state index contributed by atoms with van der Waals surface area (Å²) in [6.07, 6.45) is 6.88. The Kier molecular flexibility index (Phi) is 5.85. The highest BCUT2D eigenvalue weighted by molar-refractivity contribution is 9.10. The van der Waals surface area contributed by atoms with Crippen LogP contribution in [0.3, 0.4) is 0 Å². The van der Waals surface area contributed by atoms with Crippen LogP contribution in [0.15, 0.2) is 47.2 Å². The molecule has 0 bridgehead atoms. The van der Waals surface area contributed by atoms with Crippen molar-refractivity contribution in [2.24, 2.45) is 5.92 Å². The summed E-state index contributed by atoms with van der Waals surface area (Å²) in [7, 11) is 1.81. The number of hydrogen-bond donors (Lipinski definition) is 1. The first-order valence-electron chi connectivity index (χ1n) is 9.89. The number of carbonyl (C=O) groups is 1. The molecule has 3 aromatic rings. The number of benzene rings is 1. The highest BCUT2D eigenvalue weighted by Crippen LogP contribution is 2.26. The van der Waals surface area contributed by atoms with Crippen molar-refractivity contribution in [1.29, 1.82) is 0 Å². The molecule has 0 saturated carbocycles. The minimum Gasteiger partial charge on any atom is -0.371 e. The molecule has 7 heteroatoms. The van der Waals surface area contributed by atoms with Crippen LogP contribution >= 0.6 is 15.9 Å². The maximum atomic E-state index is 14.1. The predicted molar refractivity (Wildman–Crippen MR) is 117 cm³/mol. The number of nitrogens with zero attached hydrogens (tertiary/aromatic N) is 3. The van der Waals surface area contributed by atoms with Crippen LogP contribution in [-0.4, -0.2) is 47.5 Å². The second-order valence-corrected chi connectivity index (χ2v) is 8.60. The van der Waals surface area contributed by atoms with Crippen LogP contribution in [-0.2, 0) is 0 Å². The van der Waals surface area contributed by atoms with Crippen molar-refractivity contribution in [2.75, 3.05) is 31.6 Å². The molecule has 0 spiro atoms. The Labute approximate surface area is 178 Å². The van der Waals surface area contributed by atoms with Gasteiger partial charge in [0.1, 0.15) is 11.5 Å². The standard InChI is InChI=1S/C22H24BrFN4O/c1-27(22(29)21-14-18-19(24)12-16(23)13-20(18)26-21)9-4-15-5-10-28(11-6-15)17-2-7-25-8-3-17/h2-3,7-8,12-15,26H,4-6,9-11H2,1H3. The van der Waals surface area contributed by atoms with Gasteiger partial charge in [0.2, 0.25) is 0 Å². The van der Waals surface area contributed by atoms with Crippen LogP contribution in [0, 0.1) is 11.7 Å². The zero-order valence-electron chi connectivity index (χ0n) is 16.4. The zero-order chi connectivity index (χ0) is 20.4. The van der Waals surface area contributed by atoms with E-state index in [0.717, 1.165) is 32.4 Å². The van der Waals surface area contributed by atoms with E-state index in [4.69, 9.17) is 0 Å². The molecule has 4 rings (SSSR count). The lowest BCUT2D eigenvalue weighted by Crippen LogP contribution is -2.35. The molecule has 152 valence electrons. The quantitative estimate of drug-likeness (QED) is 0.594. The maximum absolute atomic E-state index is 14.1. The van der Waals surface area contributed by atoms with Gasteiger partial charge < -0.3 is 14.8 Å². The summed E-state index contributed by atoms with van der Waals surface area (Å²) in [6, 6.07) is 8.89. The minimum atomic E-state index is -0.340. The third-order valence-electron chi connectivity index (χ3n) is 5.74. The summed E-state index contributed by atoms with van der Waals surface area (Å²) in [5.74, 6) is 0.165. The molecule has 2 aromatic heterocycles.